The maximum Gasteiger partial charge on any atom is 0.191 e. The monoisotopic (exact) mass is 530 g/mol. The first-order valence-electron chi connectivity index (χ1n) is 10.5. The Labute approximate surface area is 196 Å². The third-order valence-corrected chi connectivity index (χ3v) is 5.43. The highest BCUT2D eigenvalue weighted by Gasteiger charge is 2.28. The molecular formula is C22H35IN4O3. The minimum atomic E-state index is -1.10. The molecule has 1 aliphatic rings. The Hall–Kier alpha value is -1.52. The normalized spacial score (nSPS) is 18.0. The van der Waals surface area contributed by atoms with E-state index >= 15 is 0 Å². The molecule has 0 spiro atoms. The van der Waals surface area contributed by atoms with Crippen molar-refractivity contribution in [2.75, 3.05) is 32.7 Å². The number of furan rings is 2. The fourth-order valence-corrected chi connectivity index (χ4v) is 3.96. The first-order chi connectivity index (χ1) is 13.9. The summed E-state index contributed by atoms with van der Waals surface area (Å²) in [5, 5.41) is 17.7. The van der Waals surface area contributed by atoms with Gasteiger partial charge in [0.15, 0.2) is 5.96 Å². The maximum absolute atomic E-state index is 11.0. The largest absolute Gasteiger partial charge is 0.468 e. The molecule has 168 valence electrons. The van der Waals surface area contributed by atoms with E-state index < -0.39 is 5.60 Å². The second kappa shape index (κ2) is 11.2. The zero-order valence-electron chi connectivity index (χ0n) is 18.4. The molecule has 0 aliphatic carbocycles. The van der Waals surface area contributed by atoms with E-state index in [9.17, 15) is 5.11 Å². The van der Waals surface area contributed by atoms with Crippen molar-refractivity contribution in [1.29, 1.82) is 0 Å². The van der Waals surface area contributed by atoms with Gasteiger partial charge in [0.2, 0.25) is 0 Å². The van der Waals surface area contributed by atoms with Crippen LogP contribution in [0.1, 0.15) is 55.6 Å². The molecule has 0 aromatic carbocycles. The topological polar surface area (TPSA) is 86.2 Å². The summed E-state index contributed by atoms with van der Waals surface area (Å²) in [7, 11) is 0. The molecule has 3 N–H and O–H groups in total. The minimum absolute atomic E-state index is 0. The predicted octanol–water partition coefficient (Wildman–Crippen LogP) is 3.71. The number of nitrogens with zero attached hydrogens (tertiary/aromatic N) is 2. The lowest BCUT2D eigenvalue weighted by Gasteiger charge is -2.27. The summed E-state index contributed by atoms with van der Waals surface area (Å²) in [5.41, 5.74) is -0.320. The predicted molar refractivity (Wildman–Crippen MR) is 129 cm³/mol. The van der Waals surface area contributed by atoms with Gasteiger partial charge in [-0.05, 0) is 71.8 Å². The smallest absolute Gasteiger partial charge is 0.191 e. The van der Waals surface area contributed by atoms with Crippen LogP contribution in [0.2, 0.25) is 0 Å². The van der Waals surface area contributed by atoms with Gasteiger partial charge in [0, 0.05) is 18.7 Å². The molecule has 2 aromatic heterocycles. The summed E-state index contributed by atoms with van der Waals surface area (Å²) in [6.45, 7) is 11.4. The SMILES string of the molecule is CCNC(=NCC(C)(O)c1cc(C)oc1C)NCC(c1ccco1)N1CCCC1.I. The fraction of sp³-hybridized carbons (Fsp3) is 0.591. The van der Waals surface area contributed by atoms with E-state index in [0.29, 0.717) is 12.5 Å². The van der Waals surface area contributed by atoms with Gasteiger partial charge in [-0.2, -0.15) is 0 Å². The Morgan fingerprint density at radius 1 is 1.30 bits per heavy atom. The summed E-state index contributed by atoms with van der Waals surface area (Å²) in [4.78, 5) is 7.09. The highest BCUT2D eigenvalue weighted by Crippen LogP contribution is 2.27. The van der Waals surface area contributed by atoms with Crippen molar-refractivity contribution in [1.82, 2.24) is 15.5 Å². The van der Waals surface area contributed by atoms with Crippen molar-refractivity contribution in [2.45, 2.75) is 52.2 Å². The molecule has 3 heterocycles. The molecule has 2 aromatic rings. The Morgan fingerprint density at radius 2 is 2.03 bits per heavy atom. The molecule has 3 rings (SSSR count). The zero-order valence-corrected chi connectivity index (χ0v) is 20.7. The molecule has 2 unspecified atom stereocenters. The van der Waals surface area contributed by atoms with E-state index in [4.69, 9.17) is 8.83 Å². The van der Waals surface area contributed by atoms with E-state index in [1.54, 1.807) is 13.2 Å². The first-order valence-corrected chi connectivity index (χ1v) is 10.5. The number of rotatable bonds is 8. The van der Waals surface area contributed by atoms with Crippen LogP contribution in [0.25, 0.3) is 0 Å². The lowest BCUT2D eigenvalue weighted by Crippen LogP contribution is -2.43. The number of nitrogens with one attached hydrogen (secondary N) is 2. The Balaban J connectivity index is 0.00000320. The zero-order chi connectivity index (χ0) is 20.9. The summed E-state index contributed by atoms with van der Waals surface area (Å²) >= 11 is 0. The van der Waals surface area contributed by atoms with Crippen LogP contribution in [0.4, 0.5) is 0 Å². The number of likely N-dealkylation sites (tertiary alicyclic amines) is 1. The van der Waals surface area contributed by atoms with Crippen LogP contribution in [-0.2, 0) is 5.60 Å². The average Bonchev–Trinajstić information content (AvgIpc) is 3.42. The molecule has 8 heteroatoms. The molecule has 1 aliphatic heterocycles. The van der Waals surface area contributed by atoms with Gasteiger partial charge >= 0.3 is 0 Å². The van der Waals surface area contributed by atoms with Gasteiger partial charge in [0.1, 0.15) is 22.9 Å². The Kier molecular flexibility index (Phi) is 9.24. The fourth-order valence-electron chi connectivity index (χ4n) is 3.96. The van der Waals surface area contributed by atoms with Crippen molar-refractivity contribution in [3.8, 4) is 0 Å². The molecule has 0 radical (unpaired) electrons. The molecule has 0 bridgehead atoms. The number of aliphatic hydroxyl groups is 1. The summed E-state index contributed by atoms with van der Waals surface area (Å²) in [5.74, 6) is 3.17. The number of aliphatic imine (C=N–C) groups is 1. The standard InChI is InChI=1S/C22H34N4O3.HI/c1-5-23-21(25-15-22(4,27)18-13-16(2)29-17(18)3)24-14-19(20-9-8-12-28-20)26-10-6-7-11-26;/h8-9,12-13,19,27H,5-7,10-11,14-15H2,1-4H3,(H2,23,24,25);1H. The highest BCUT2D eigenvalue weighted by atomic mass is 127. The van der Waals surface area contributed by atoms with Gasteiger partial charge in [-0.3, -0.25) is 4.90 Å². The van der Waals surface area contributed by atoms with Crippen LogP contribution < -0.4 is 10.6 Å². The van der Waals surface area contributed by atoms with Crippen LogP contribution >= 0.6 is 24.0 Å². The number of hydrogen-bond donors (Lipinski definition) is 3. The molecule has 1 saturated heterocycles. The summed E-state index contributed by atoms with van der Waals surface area (Å²) in [6.07, 6.45) is 4.17. The minimum Gasteiger partial charge on any atom is -0.468 e. The molecule has 0 amide bonds. The molecule has 0 saturated carbocycles. The number of guanidine groups is 1. The van der Waals surface area contributed by atoms with Crippen molar-refractivity contribution < 1.29 is 13.9 Å². The van der Waals surface area contributed by atoms with Gasteiger partial charge in [-0.1, -0.05) is 0 Å². The van der Waals surface area contributed by atoms with E-state index in [1.807, 2.05) is 39.0 Å². The van der Waals surface area contributed by atoms with Crippen LogP contribution in [0, 0.1) is 13.8 Å². The van der Waals surface area contributed by atoms with E-state index in [2.05, 4.69) is 20.5 Å². The Bertz CT molecular complexity index is 795. The highest BCUT2D eigenvalue weighted by molar-refractivity contribution is 14.0. The van der Waals surface area contributed by atoms with E-state index in [1.165, 1.54) is 12.8 Å². The molecule has 2 atom stereocenters. The van der Waals surface area contributed by atoms with Gasteiger partial charge in [-0.25, -0.2) is 4.99 Å². The van der Waals surface area contributed by atoms with Crippen LogP contribution in [0.5, 0.6) is 0 Å². The van der Waals surface area contributed by atoms with Crippen molar-refractivity contribution in [3.05, 3.63) is 47.3 Å². The summed E-state index contributed by atoms with van der Waals surface area (Å²) < 4.78 is 11.3. The number of aryl methyl sites for hydroxylation is 2. The second-order valence-corrected chi connectivity index (χ2v) is 7.95. The quantitative estimate of drug-likeness (QED) is 0.274. The number of halogens is 1. The van der Waals surface area contributed by atoms with Crippen LogP contribution in [-0.4, -0.2) is 48.7 Å². The van der Waals surface area contributed by atoms with Crippen LogP contribution in [0.15, 0.2) is 38.3 Å². The molecule has 1 fully saturated rings. The third kappa shape index (κ3) is 6.24. The van der Waals surface area contributed by atoms with Crippen molar-refractivity contribution in [3.63, 3.8) is 0 Å². The second-order valence-electron chi connectivity index (χ2n) is 7.95. The molecule has 7 nitrogen and oxygen atoms in total. The van der Waals surface area contributed by atoms with E-state index in [-0.39, 0.29) is 36.6 Å². The van der Waals surface area contributed by atoms with Gasteiger partial charge < -0.3 is 24.6 Å². The Morgan fingerprint density at radius 3 is 2.60 bits per heavy atom. The maximum atomic E-state index is 11.0. The first kappa shape index (κ1) is 24.7. The van der Waals surface area contributed by atoms with Gasteiger partial charge in [-0.15, -0.1) is 24.0 Å². The van der Waals surface area contributed by atoms with Crippen LogP contribution in [0.3, 0.4) is 0 Å². The van der Waals surface area contributed by atoms with Gasteiger partial charge in [0.05, 0.1) is 18.8 Å². The molecule has 30 heavy (non-hydrogen) atoms. The van der Waals surface area contributed by atoms with Gasteiger partial charge in [0.25, 0.3) is 0 Å². The van der Waals surface area contributed by atoms with E-state index in [0.717, 1.165) is 42.5 Å². The lowest BCUT2D eigenvalue weighted by molar-refractivity contribution is 0.0656. The lowest BCUT2D eigenvalue weighted by atomic mass is 9.96. The average molecular weight is 530 g/mol. The third-order valence-electron chi connectivity index (χ3n) is 5.43. The number of hydrogen-bond acceptors (Lipinski definition) is 5. The van der Waals surface area contributed by atoms with Crippen molar-refractivity contribution in [2.24, 2.45) is 4.99 Å². The summed E-state index contributed by atoms with van der Waals surface area (Å²) in [6, 6.07) is 6.01. The molecular weight excluding hydrogens is 495 g/mol. The van der Waals surface area contributed by atoms with Crippen molar-refractivity contribution >= 4 is 29.9 Å².